The summed E-state index contributed by atoms with van der Waals surface area (Å²) in [4.78, 5) is 12.3. The monoisotopic (exact) mass is 588 g/mol. The molecule has 5 nitrogen and oxygen atoms in total. The molecule has 0 saturated carbocycles. The van der Waals surface area contributed by atoms with Crippen LogP contribution < -0.4 is 14.9 Å². The second-order valence-electron chi connectivity index (χ2n) is 6.61. The van der Waals surface area contributed by atoms with Gasteiger partial charge in [0.2, 0.25) is 0 Å². The highest BCUT2D eigenvalue weighted by Crippen LogP contribution is 2.34. The smallest absolute Gasteiger partial charge is 0.271 e. The molecule has 33 heavy (non-hydrogen) atoms. The molecule has 0 aliphatic rings. The van der Waals surface area contributed by atoms with Gasteiger partial charge in [0.1, 0.15) is 6.61 Å². The molecular weight excluding hydrogens is 574 g/mol. The summed E-state index contributed by atoms with van der Waals surface area (Å²) in [6.07, 6.45) is 1.49. The van der Waals surface area contributed by atoms with E-state index in [4.69, 9.17) is 55.9 Å². The average molecular weight is 591 g/mol. The molecule has 0 unspecified atom stereocenters. The number of nitrogens with zero attached hydrogens (tertiary/aromatic N) is 1. The third kappa shape index (κ3) is 7.01. The van der Waals surface area contributed by atoms with Crippen LogP contribution in [0.1, 0.15) is 28.4 Å². The minimum Gasteiger partial charge on any atom is -0.490 e. The van der Waals surface area contributed by atoms with Crippen molar-refractivity contribution in [3.63, 3.8) is 0 Å². The number of hydrogen-bond donors (Lipinski definition) is 1. The Hall–Kier alpha value is -1.96. The Morgan fingerprint density at radius 3 is 2.42 bits per heavy atom. The minimum atomic E-state index is -0.425. The van der Waals surface area contributed by atoms with Crippen molar-refractivity contribution in [1.82, 2.24) is 5.43 Å². The SMILES string of the molecule is CCOc1cc(/C=N\NC(=O)c2ccc(Cl)c(Cl)c2)c(Br)cc1OCc1ccc(Cl)cc1Cl. The van der Waals surface area contributed by atoms with Gasteiger partial charge in [-0.2, -0.15) is 5.10 Å². The summed E-state index contributed by atoms with van der Waals surface area (Å²) in [5.41, 5.74) is 4.25. The number of carbonyl (C=O) groups is 1. The van der Waals surface area contributed by atoms with Crippen LogP contribution in [-0.2, 0) is 6.61 Å². The zero-order chi connectivity index (χ0) is 24.0. The van der Waals surface area contributed by atoms with Crippen molar-refractivity contribution in [2.24, 2.45) is 5.10 Å². The van der Waals surface area contributed by atoms with E-state index >= 15 is 0 Å². The van der Waals surface area contributed by atoms with Gasteiger partial charge in [-0.3, -0.25) is 4.79 Å². The molecule has 0 aliphatic carbocycles. The topological polar surface area (TPSA) is 59.9 Å². The molecule has 0 bridgehead atoms. The molecule has 3 aromatic carbocycles. The normalized spacial score (nSPS) is 11.0. The lowest BCUT2D eigenvalue weighted by Gasteiger charge is -2.14. The summed E-state index contributed by atoms with van der Waals surface area (Å²) in [6.45, 7) is 2.53. The Kier molecular flexibility index (Phi) is 9.29. The molecule has 0 heterocycles. The number of halogens is 5. The lowest BCUT2D eigenvalue weighted by atomic mass is 10.2. The maximum atomic E-state index is 12.3. The van der Waals surface area contributed by atoms with Gasteiger partial charge in [0.15, 0.2) is 11.5 Å². The molecule has 1 N–H and O–H groups in total. The number of hydrogen-bond acceptors (Lipinski definition) is 4. The van der Waals surface area contributed by atoms with E-state index in [9.17, 15) is 4.79 Å². The first kappa shape index (κ1) is 25.7. The molecule has 0 atom stereocenters. The number of ether oxygens (including phenoxy) is 2. The average Bonchev–Trinajstić information content (AvgIpc) is 2.77. The second-order valence-corrected chi connectivity index (χ2v) is 9.12. The highest BCUT2D eigenvalue weighted by molar-refractivity contribution is 9.10. The van der Waals surface area contributed by atoms with Crippen LogP contribution in [-0.4, -0.2) is 18.7 Å². The Labute approximate surface area is 219 Å². The minimum absolute atomic E-state index is 0.232. The summed E-state index contributed by atoms with van der Waals surface area (Å²) < 4.78 is 12.3. The van der Waals surface area contributed by atoms with Crippen molar-refractivity contribution in [3.05, 3.63) is 89.8 Å². The predicted octanol–water partition coefficient (Wildman–Crippen LogP) is 7.80. The van der Waals surface area contributed by atoms with Crippen molar-refractivity contribution in [2.45, 2.75) is 13.5 Å². The van der Waals surface area contributed by atoms with E-state index in [0.29, 0.717) is 48.8 Å². The van der Waals surface area contributed by atoms with Crippen LogP contribution in [0, 0.1) is 0 Å². The van der Waals surface area contributed by atoms with E-state index in [2.05, 4.69) is 26.5 Å². The van der Waals surface area contributed by atoms with Crippen LogP contribution in [0.5, 0.6) is 11.5 Å². The molecule has 0 saturated heterocycles. The Balaban J connectivity index is 1.74. The molecule has 3 rings (SSSR count). The van der Waals surface area contributed by atoms with Gasteiger partial charge < -0.3 is 9.47 Å². The molecular formula is C23H17BrCl4N2O3. The molecule has 0 aromatic heterocycles. The fourth-order valence-electron chi connectivity index (χ4n) is 2.69. The van der Waals surface area contributed by atoms with Crippen LogP contribution in [0.15, 0.2) is 58.1 Å². The molecule has 0 spiro atoms. The maximum absolute atomic E-state index is 12.3. The van der Waals surface area contributed by atoms with E-state index in [1.807, 2.05) is 6.92 Å². The van der Waals surface area contributed by atoms with Crippen molar-refractivity contribution in [1.29, 1.82) is 0 Å². The summed E-state index contributed by atoms with van der Waals surface area (Å²) in [6, 6.07) is 13.3. The first-order valence-corrected chi connectivity index (χ1v) is 11.9. The summed E-state index contributed by atoms with van der Waals surface area (Å²) in [5, 5.41) is 5.74. The van der Waals surface area contributed by atoms with Crippen LogP contribution in [0.4, 0.5) is 0 Å². The van der Waals surface area contributed by atoms with Gasteiger partial charge in [0, 0.05) is 31.2 Å². The largest absolute Gasteiger partial charge is 0.490 e. The quantitative estimate of drug-likeness (QED) is 0.215. The number of hydrazone groups is 1. The van der Waals surface area contributed by atoms with E-state index < -0.39 is 5.91 Å². The summed E-state index contributed by atoms with van der Waals surface area (Å²) in [7, 11) is 0. The molecule has 0 fully saturated rings. The van der Waals surface area contributed by atoms with Crippen LogP contribution in [0.25, 0.3) is 0 Å². The highest BCUT2D eigenvalue weighted by atomic mass is 79.9. The molecule has 10 heteroatoms. The van der Waals surface area contributed by atoms with E-state index in [1.165, 1.54) is 12.3 Å². The number of benzene rings is 3. The Morgan fingerprint density at radius 1 is 0.970 bits per heavy atom. The van der Waals surface area contributed by atoms with E-state index in [-0.39, 0.29) is 11.6 Å². The first-order chi connectivity index (χ1) is 15.8. The lowest BCUT2D eigenvalue weighted by Crippen LogP contribution is -2.17. The zero-order valence-electron chi connectivity index (χ0n) is 17.2. The van der Waals surface area contributed by atoms with Crippen molar-refractivity contribution in [3.8, 4) is 11.5 Å². The molecule has 0 aliphatic heterocycles. The van der Waals surface area contributed by atoms with E-state index in [1.54, 1.807) is 42.5 Å². The summed E-state index contributed by atoms with van der Waals surface area (Å²) >= 11 is 27.5. The second kappa shape index (κ2) is 12.0. The lowest BCUT2D eigenvalue weighted by molar-refractivity contribution is 0.0955. The van der Waals surface area contributed by atoms with Gasteiger partial charge in [0.25, 0.3) is 5.91 Å². The van der Waals surface area contributed by atoms with Gasteiger partial charge >= 0.3 is 0 Å². The Morgan fingerprint density at radius 2 is 1.73 bits per heavy atom. The number of carbonyl (C=O) groups excluding carboxylic acids is 1. The van der Waals surface area contributed by atoms with Crippen molar-refractivity contribution < 1.29 is 14.3 Å². The molecule has 172 valence electrons. The fourth-order valence-corrected chi connectivity index (χ4v) is 3.87. The standard InChI is InChI=1S/C23H17BrCl4N2O3/c1-2-32-21-8-15(11-29-30-23(31)13-4-6-18(26)20(28)7-13)17(24)10-22(21)33-12-14-3-5-16(25)9-19(14)27/h3-11H,2,12H2,1H3,(H,30,31)/b29-11-. The van der Waals surface area contributed by atoms with Crippen LogP contribution in [0.3, 0.4) is 0 Å². The third-order valence-electron chi connectivity index (χ3n) is 4.31. The maximum Gasteiger partial charge on any atom is 0.271 e. The summed E-state index contributed by atoms with van der Waals surface area (Å²) in [5.74, 6) is 0.612. The predicted molar refractivity (Wildman–Crippen MR) is 138 cm³/mol. The van der Waals surface area contributed by atoms with Crippen LogP contribution in [0.2, 0.25) is 20.1 Å². The van der Waals surface area contributed by atoms with Gasteiger partial charge in [-0.15, -0.1) is 0 Å². The van der Waals surface area contributed by atoms with Gasteiger partial charge in [-0.05, 0) is 65.3 Å². The molecule has 0 radical (unpaired) electrons. The third-order valence-corrected chi connectivity index (χ3v) is 6.33. The van der Waals surface area contributed by atoms with Crippen molar-refractivity contribution >= 4 is 74.5 Å². The zero-order valence-corrected chi connectivity index (χ0v) is 21.8. The number of amides is 1. The first-order valence-electron chi connectivity index (χ1n) is 9.60. The number of nitrogens with one attached hydrogen (secondary N) is 1. The highest BCUT2D eigenvalue weighted by Gasteiger charge is 2.12. The van der Waals surface area contributed by atoms with E-state index in [0.717, 1.165) is 5.56 Å². The Bertz CT molecular complexity index is 1200. The van der Waals surface area contributed by atoms with Crippen molar-refractivity contribution in [2.75, 3.05) is 6.61 Å². The van der Waals surface area contributed by atoms with Gasteiger partial charge in [0.05, 0.1) is 22.9 Å². The number of rotatable bonds is 8. The fraction of sp³-hybridized carbons (Fsp3) is 0.130. The molecule has 1 amide bonds. The van der Waals surface area contributed by atoms with Gasteiger partial charge in [-0.25, -0.2) is 5.43 Å². The van der Waals surface area contributed by atoms with Crippen LogP contribution >= 0.6 is 62.3 Å². The molecule has 3 aromatic rings. The van der Waals surface area contributed by atoms with Gasteiger partial charge in [-0.1, -0.05) is 52.5 Å².